The van der Waals surface area contributed by atoms with Gasteiger partial charge >= 0.3 is 0 Å². The lowest BCUT2D eigenvalue weighted by atomic mass is 9.88. The molecule has 0 amide bonds. The molecule has 2 N–H and O–H groups in total. The summed E-state index contributed by atoms with van der Waals surface area (Å²) >= 11 is 0. The van der Waals surface area contributed by atoms with Gasteiger partial charge in [-0.15, -0.1) is 0 Å². The average molecular weight is 157 g/mol. The van der Waals surface area contributed by atoms with E-state index in [0.717, 1.165) is 26.0 Å². The van der Waals surface area contributed by atoms with E-state index >= 15 is 0 Å². The Bertz CT molecular complexity index is 103. The Morgan fingerprint density at radius 2 is 2.27 bits per heavy atom. The largest absolute Gasteiger partial charge is 0.375 e. The van der Waals surface area contributed by atoms with Gasteiger partial charge in [0.1, 0.15) is 0 Å². The molecule has 0 saturated carbocycles. The molecule has 0 aliphatic carbocycles. The maximum absolute atomic E-state index is 5.78. The van der Waals surface area contributed by atoms with E-state index in [1.165, 1.54) is 19.3 Å². The summed E-state index contributed by atoms with van der Waals surface area (Å²) in [6.07, 6.45) is 5.90. The Balaban J connectivity index is 2.42. The highest BCUT2D eigenvalue weighted by atomic mass is 16.5. The summed E-state index contributed by atoms with van der Waals surface area (Å²) in [6, 6.07) is 0. The number of hydrogen-bond acceptors (Lipinski definition) is 2. The van der Waals surface area contributed by atoms with Crippen molar-refractivity contribution in [2.75, 3.05) is 13.2 Å². The van der Waals surface area contributed by atoms with Gasteiger partial charge in [0.05, 0.1) is 5.60 Å². The first-order chi connectivity index (χ1) is 5.33. The average Bonchev–Trinajstić information content (AvgIpc) is 2.07. The number of ether oxygens (including phenoxy) is 1. The summed E-state index contributed by atoms with van der Waals surface area (Å²) in [4.78, 5) is 0. The van der Waals surface area contributed by atoms with Crippen molar-refractivity contribution >= 4 is 0 Å². The van der Waals surface area contributed by atoms with Crippen molar-refractivity contribution < 1.29 is 4.74 Å². The topological polar surface area (TPSA) is 35.2 Å². The van der Waals surface area contributed by atoms with Gasteiger partial charge in [-0.25, -0.2) is 0 Å². The van der Waals surface area contributed by atoms with Crippen molar-refractivity contribution in [2.45, 2.75) is 44.6 Å². The first-order valence-electron chi connectivity index (χ1n) is 4.67. The molecule has 0 aromatic rings. The Morgan fingerprint density at radius 1 is 1.45 bits per heavy atom. The molecule has 1 rings (SSSR count). The van der Waals surface area contributed by atoms with Crippen molar-refractivity contribution in [3.8, 4) is 0 Å². The zero-order chi connectivity index (χ0) is 8.16. The van der Waals surface area contributed by atoms with Crippen LogP contribution < -0.4 is 5.73 Å². The van der Waals surface area contributed by atoms with E-state index in [0.29, 0.717) is 0 Å². The smallest absolute Gasteiger partial charge is 0.0692 e. The van der Waals surface area contributed by atoms with Crippen LogP contribution in [0.2, 0.25) is 0 Å². The number of hydrogen-bond donors (Lipinski definition) is 1. The summed E-state index contributed by atoms with van der Waals surface area (Å²) in [6.45, 7) is 3.89. The van der Waals surface area contributed by atoms with E-state index in [9.17, 15) is 0 Å². The van der Waals surface area contributed by atoms with E-state index < -0.39 is 0 Å². The highest BCUT2D eigenvalue weighted by molar-refractivity contribution is 4.82. The lowest BCUT2D eigenvalue weighted by molar-refractivity contribution is -0.0841. The summed E-state index contributed by atoms with van der Waals surface area (Å²) in [7, 11) is 0. The number of rotatable bonds is 3. The highest BCUT2D eigenvalue weighted by Gasteiger charge is 2.29. The van der Waals surface area contributed by atoms with Gasteiger partial charge in [-0.2, -0.15) is 0 Å². The van der Waals surface area contributed by atoms with Crippen LogP contribution in [0.3, 0.4) is 0 Å². The summed E-state index contributed by atoms with van der Waals surface area (Å²) in [5.74, 6) is 0. The first-order valence-corrected chi connectivity index (χ1v) is 4.67. The maximum Gasteiger partial charge on any atom is 0.0692 e. The normalized spacial score (nSPS) is 32.2. The van der Waals surface area contributed by atoms with Crippen LogP contribution in [0, 0.1) is 0 Å². The monoisotopic (exact) mass is 157 g/mol. The van der Waals surface area contributed by atoms with Crippen LogP contribution in [0.5, 0.6) is 0 Å². The molecule has 1 saturated heterocycles. The van der Waals surface area contributed by atoms with Crippen molar-refractivity contribution in [3.63, 3.8) is 0 Å². The molecule has 0 bridgehead atoms. The fraction of sp³-hybridized carbons (Fsp3) is 1.00. The third-order valence-corrected chi connectivity index (χ3v) is 2.68. The molecular weight excluding hydrogens is 138 g/mol. The van der Waals surface area contributed by atoms with Gasteiger partial charge in [-0.1, -0.05) is 6.92 Å². The van der Waals surface area contributed by atoms with Crippen LogP contribution >= 0.6 is 0 Å². The second-order valence-corrected chi connectivity index (χ2v) is 3.38. The van der Waals surface area contributed by atoms with E-state index in [4.69, 9.17) is 10.5 Å². The first kappa shape index (κ1) is 9.01. The lowest BCUT2D eigenvalue weighted by Crippen LogP contribution is -2.37. The van der Waals surface area contributed by atoms with Gasteiger partial charge in [0.25, 0.3) is 0 Å². The lowest BCUT2D eigenvalue weighted by Gasteiger charge is -2.36. The van der Waals surface area contributed by atoms with Crippen molar-refractivity contribution in [1.82, 2.24) is 0 Å². The van der Waals surface area contributed by atoms with Crippen LogP contribution in [0.15, 0.2) is 0 Å². The summed E-state index contributed by atoms with van der Waals surface area (Å²) in [5, 5.41) is 0. The molecular formula is C9H19NO. The molecule has 11 heavy (non-hydrogen) atoms. The Labute approximate surface area is 69.1 Å². The molecule has 66 valence electrons. The molecule has 0 radical (unpaired) electrons. The fourth-order valence-corrected chi connectivity index (χ4v) is 1.83. The predicted octanol–water partition coefficient (Wildman–Crippen LogP) is 1.68. The van der Waals surface area contributed by atoms with Gasteiger partial charge < -0.3 is 10.5 Å². The standard InChI is InChI=1S/C9H19NO/c1-2-9(6-7-10)5-3-4-8-11-9/h2-8,10H2,1H3. The van der Waals surface area contributed by atoms with Crippen LogP contribution in [0.1, 0.15) is 39.0 Å². The zero-order valence-electron chi connectivity index (χ0n) is 7.44. The van der Waals surface area contributed by atoms with E-state index in [1.54, 1.807) is 0 Å². The maximum atomic E-state index is 5.78. The van der Waals surface area contributed by atoms with Crippen LogP contribution in [-0.4, -0.2) is 18.8 Å². The predicted molar refractivity (Wildman–Crippen MR) is 46.5 cm³/mol. The van der Waals surface area contributed by atoms with E-state index in [1.807, 2.05) is 0 Å². The third kappa shape index (κ3) is 2.17. The SMILES string of the molecule is CCC1(CCN)CCCCO1. The Hall–Kier alpha value is -0.0800. The van der Waals surface area contributed by atoms with Crippen molar-refractivity contribution in [3.05, 3.63) is 0 Å². The summed E-state index contributed by atoms with van der Waals surface area (Å²) in [5.41, 5.74) is 5.69. The minimum Gasteiger partial charge on any atom is -0.375 e. The molecule has 1 unspecified atom stereocenters. The minimum absolute atomic E-state index is 0.146. The van der Waals surface area contributed by atoms with Crippen LogP contribution in [-0.2, 0) is 4.74 Å². The Kier molecular flexibility index (Phi) is 3.34. The molecule has 1 aliphatic rings. The molecule has 2 heteroatoms. The molecule has 1 fully saturated rings. The van der Waals surface area contributed by atoms with Crippen molar-refractivity contribution in [1.29, 1.82) is 0 Å². The Morgan fingerprint density at radius 3 is 2.73 bits per heavy atom. The van der Waals surface area contributed by atoms with Gasteiger partial charge in [-0.3, -0.25) is 0 Å². The van der Waals surface area contributed by atoms with Crippen LogP contribution in [0.4, 0.5) is 0 Å². The van der Waals surface area contributed by atoms with Gasteiger partial charge in [-0.05, 0) is 38.6 Å². The van der Waals surface area contributed by atoms with Gasteiger partial charge in [0.15, 0.2) is 0 Å². The van der Waals surface area contributed by atoms with Crippen molar-refractivity contribution in [2.24, 2.45) is 5.73 Å². The molecule has 0 spiro atoms. The molecule has 1 atom stereocenters. The molecule has 0 aromatic heterocycles. The van der Waals surface area contributed by atoms with E-state index in [-0.39, 0.29) is 5.60 Å². The van der Waals surface area contributed by atoms with Gasteiger partial charge in [0.2, 0.25) is 0 Å². The fourth-order valence-electron chi connectivity index (χ4n) is 1.83. The quantitative estimate of drug-likeness (QED) is 0.676. The number of nitrogens with two attached hydrogens (primary N) is 1. The van der Waals surface area contributed by atoms with Crippen LogP contribution in [0.25, 0.3) is 0 Å². The second-order valence-electron chi connectivity index (χ2n) is 3.38. The summed E-state index contributed by atoms with van der Waals surface area (Å²) < 4.78 is 5.78. The van der Waals surface area contributed by atoms with Gasteiger partial charge in [0, 0.05) is 6.61 Å². The second kappa shape index (κ2) is 4.07. The van der Waals surface area contributed by atoms with E-state index in [2.05, 4.69) is 6.92 Å². The molecule has 1 aliphatic heterocycles. The minimum atomic E-state index is 0.146. The highest BCUT2D eigenvalue weighted by Crippen LogP contribution is 2.30. The third-order valence-electron chi connectivity index (χ3n) is 2.68. The zero-order valence-corrected chi connectivity index (χ0v) is 7.44. The molecule has 1 heterocycles. The molecule has 0 aromatic carbocycles. The molecule has 2 nitrogen and oxygen atoms in total.